The highest BCUT2D eigenvalue weighted by atomic mass is 16.5. The van der Waals surface area contributed by atoms with Gasteiger partial charge in [0.1, 0.15) is 5.75 Å². The normalized spacial score (nSPS) is 9.87. The van der Waals surface area contributed by atoms with E-state index in [0.29, 0.717) is 5.56 Å². The first-order chi connectivity index (χ1) is 11.0. The maximum Gasteiger partial charge on any atom is 0.161 e. The molecule has 0 saturated carbocycles. The predicted molar refractivity (Wildman–Crippen MR) is 93.9 cm³/mol. The fraction of sp³-hybridized carbons (Fsp3) is 0.158. The van der Waals surface area contributed by atoms with Crippen LogP contribution in [0.25, 0.3) is 10.9 Å². The van der Waals surface area contributed by atoms with Crippen LogP contribution in [0.2, 0.25) is 0 Å². The van der Waals surface area contributed by atoms with Crippen LogP contribution in [0.4, 0.5) is 5.69 Å². The molecular weight excluding hydrogens is 288 g/mol. The molecule has 2 N–H and O–H groups in total. The largest absolute Gasteiger partial charge is 0.497 e. The quantitative estimate of drug-likeness (QED) is 0.573. The van der Waals surface area contributed by atoms with Crippen molar-refractivity contribution in [3.8, 4) is 5.75 Å². The highest BCUT2D eigenvalue weighted by Crippen LogP contribution is 2.16. The first-order valence-corrected chi connectivity index (χ1v) is 7.28. The minimum atomic E-state index is 0.0701. The van der Waals surface area contributed by atoms with Crippen molar-refractivity contribution in [3.63, 3.8) is 0 Å². The molecule has 3 rings (SSSR count). The first kappa shape index (κ1) is 16.5. The summed E-state index contributed by atoms with van der Waals surface area (Å²) < 4.78 is 4.91. The van der Waals surface area contributed by atoms with E-state index in [0.717, 1.165) is 28.0 Å². The molecule has 0 aliphatic rings. The van der Waals surface area contributed by atoms with E-state index in [1.54, 1.807) is 26.2 Å². The minimum absolute atomic E-state index is 0.0701. The van der Waals surface area contributed by atoms with Crippen LogP contribution in [0.1, 0.15) is 23.0 Å². The van der Waals surface area contributed by atoms with E-state index in [-0.39, 0.29) is 5.78 Å². The van der Waals surface area contributed by atoms with Crippen LogP contribution in [-0.2, 0) is 0 Å². The Morgan fingerprint density at radius 1 is 1.09 bits per heavy atom. The second-order valence-corrected chi connectivity index (χ2v) is 5.14. The Morgan fingerprint density at radius 3 is 2.35 bits per heavy atom. The van der Waals surface area contributed by atoms with E-state index >= 15 is 0 Å². The summed E-state index contributed by atoms with van der Waals surface area (Å²) >= 11 is 0. The summed E-state index contributed by atoms with van der Waals surface area (Å²) in [6, 6.07) is 17.0. The summed E-state index contributed by atoms with van der Waals surface area (Å²) in [7, 11) is 1.63. The molecule has 4 heteroatoms. The van der Waals surface area contributed by atoms with E-state index in [1.165, 1.54) is 0 Å². The molecule has 0 atom stereocenters. The van der Waals surface area contributed by atoms with Crippen molar-refractivity contribution in [1.82, 2.24) is 4.98 Å². The number of hydrogen-bond acceptors (Lipinski definition) is 4. The van der Waals surface area contributed by atoms with Crippen LogP contribution in [0.5, 0.6) is 5.75 Å². The van der Waals surface area contributed by atoms with Crippen LogP contribution in [0.15, 0.2) is 54.6 Å². The van der Waals surface area contributed by atoms with Gasteiger partial charge < -0.3 is 10.5 Å². The van der Waals surface area contributed by atoms with Crippen LogP contribution in [0.3, 0.4) is 0 Å². The van der Waals surface area contributed by atoms with Gasteiger partial charge >= 0.3 is 0 Å². The van der Waals surface area contributed by atoms with Gasteiger partial charge in [0.2, 0.25) is 0 Å². The van der Waals surface area contributed by atoms with Gasteiger partial charge in [0.25, 0.3) is 0 Å². The summed E-state index contributed by atoms with van der Waals surface area (Å²) in [6.07, 6.45) is 0. The number of methoxy groups -OCH3 is 1. The molecule has 0 fully saturated rings. The number of anilines is 1. The number of aromatic nitrogens is 1. The monoisotopic (exact) mass is 308 g/mol. The van der Waals surface area contributed by atoms with Crippen molar-refractivity contribution < 1.29 is 9.53 Å². The van der Waals surface area contributed by atoms with Gasteiger partial charge in [-0.15, -0.1) is 0 Å². The summed E-state index contributed by atoms with van der Waals surface area (Å²) in [4.78, 5) is 15.6. The molecule has 0 bridgehead atoms. The second kappa shape index (κ2) is 7.40. The number of ether oxygens (including phenoxy) is 1. The van der Waals surface area contributed by atoms with Crippen molar-refractivity contribution in [3.05, 3.63) is 65.9 Å². The average molecular weight is 308 g/mol. The Labute approximate surface area is 135 Å². The molecule has 23 heavy (non-hydrogen) atoms. The molecule has 0 spiro atoms. The number of ketones is 1. The molecule has 118 valence electrons. The Morgan fingerprint density at radius 2 is 1.74 bits per heavy atom. The molecule has 4 nitrogen and oxygen atoms in total. The molecule has 0 aliphatic carbocycles. The number of carbonyl (C=O) groups is 1. The zero-order valence-electron chi connectivity index (χ0n) is 13.5. The van der Waals surface area contributed by atoms with Gasteiger partial charge in [0, 0.05) is 22.3 Å². The first-order valence-electron chi connectivity index (χ1n) is 7.28. The Hall–Kier alpha value is -2.88. The molecule has 0 amide bonds. The smallest absolute Gasteiger partial charge is 0.161 e. The van der Waals surface area contributed by atoms with Gasteiger partial charge in [-0.3, -0.25) is 9.78 Å². The topological polar surface area (TPSA) is 65.2 Å². The second-order valence-electron chi connectivity index (χ2n) is 5.14. The van der Waals surface area contributed by atoms with Crippen molar-refractivity contribution in [2.24, 2.45) is 0 Å². The third-order valence-corrected chi connectivity index (χ3v) is 3.41. The third kappa shape index (κ3) is 4.30. The third-order valence-electron chi connectivity index (χ3n) is 3.41. The molecule has 2 aromatic carbocycles. The lowest BCUT2D eigenvalue weighted by Gasteiger charge is -2.03. The van der Waals surface area contributed by atoms with Gasteiger partial charge in [0.05, 0.1) is 12.6 Å². The van der Waals surface area contributed by atoms with Crippen molar-refractivity contribution in [2.45, 2.75) is 13.8 Å². The molecule has 1 aromatic heterocycles. The number of fused-ring (bicyclic) bond motifs is 1. The molecule has 0 saturated heterocycles. The van der Waals surface area contributed by atoms with E-state index < -0.39 is 0 Å². The zero-order valence-corrected chi connectivity index (χ0v) is 13.5. The Balaban J connectivity index is 0.000000185. The van der Waals surface area contributed by atoms with Crippen molar-refractivity contribution in [1.29, 1.82) is 0 Å². The fourth-order valence-corrected chi connectivity index (χ4v) is 2.17. The minimum Gasteiger partial charge on any atom is -0.497 e. The van der Waals surface area contributed by atoms with E-state index in [4.69, 9.17) is 10.5 Å². The standard InChI is InChI=1S/C12H11NO.C7H9NO/c1-8-11(9(2)14)7-10-5-3-4-6-12(10)13-8;1-9-7-4-2-6(8)3-5-7/h3-7H,1-2H3;2-5H,8H2,1H3. The average Bonchev–Trinajstić information content (AvgIpc) is 2.55. The predicted octanol–water partition coefficient (Wildman–Crippen LogP) is 4.02. The highest BCUT2D eigenvalue weighted by Gasteiger charge is 2.06. The number of nitrogen functional groups attached to an aromatic ring is 1. The number of rotatable bonds is 2. The zero-order chi connectivity index (χ0) is 16.8. The van der Waals surface area contributed by atoms with Gasteiger partial charge in [-0.25, -0.2) is 0 Å². The number of carbonyl (C=O) groups excluding carboxylic acids is 1. The van der Waals surface area contributed by atoms with Gasteiger partial charge in [-0.2, -0.15) is 0 Å². The van der Waals surface area contributed by atoms with Crippen molar-refractivity contribution in [2.75, 3.05) is 12.8 Å². The SMILES string of the molecule is CC(=O)c1cc2ccccc2nc1C.COc1ccc(N)cc1. The number of aryl methyl sites for hydroxylation is 1. The van der Waals surface area contributed by atoms with Gasteiger partial charge in [-0.05, 0) is 50.2 Å². The van der Waals surface area contributed by atoms with Crippen LogP contribution in [-0.4, -0.2) is 17.9 Å². The Bertz CT molecular complexity index is 811. The molecule has 0 aliphatic heterocycles. The lowest BCUT2D eigenvalue weighted by molar-refractivity contribution is 0.101. The van der Waals surface area contributed by atoms with Crippen molar-refractivity contribution >= 4 is 22.4 Å². The number of nitrogens with zero attached hydrogens (tertiary/aromatic N) is 1. The molecule has 1 heterocycles. The molecule has 0 radical (unpaired) electrons. The van der Waals surface area contributed by atoms with Crippen LogP contribution < -0.4 is 10.5 Å². The lowest BCUT2D eigenvalue weighted by Crippen LogP contribution is -1.98. The molecular formula is C19H20N2O2. The lowest BCUT2D eigenvalue weighted by atomic mass is 10.1. The summed E-state index contributed by atoms with van der Waals surface area (Å²) in [5, 5.41) is 1.02. The van der Waals surface area contributed by atoms with Gasteiger partial charge in [-0.1, -0.05) is 18.2 Å². The molecule has 0 unspecified atom stereocenters. The highest BCUT2D eigenvalue weighted by molar-refractivity contribution is 5.98. The van der Waals surface area contributed by atoms with E-state index in [2.05, 4.69) is 4.98 Å². The maximum absolute atomic E-state index is 11.3. The number of Topliss-reactive ketones (excluding diaryl/α,β-unsaturated/α-hetero) is 1. The number of para-hydroxylation sites is 1. The molecule has 3 aromatic rings. The Kier molecular flexibility index (Phi) is 5.31. The van der Waals surface area contributed by atoms with E-state index in [9.17, 15) is 4.79 Å². The summed E-state index contributed by atoms with van der Waals surface area (Å²) in [6.45, 7) is 3.43. The van der Waals surface area contributed by atoms with Crippen LogP contribution in [0, 0.1) is 6.92 Å². The fourth-order valence-electron chi connectivity index (χ4n) is 2.17. The maximum atomic E-state index is 11.3. The summed E-state index contributed by atoms with van der Waals surface area (Å²) in [5.41, 5.74) is 8.64. The van der Waals surface area contributed by atoms with E-state index in [1.807, 2.05) is 49.4 Å². The van der Waals surface area contributed by atoms with Gasteiger partial charge in [0.15, 0.2) is 5.78 Å². The summed E-state index contributed by atoms with van der Waals surface area (Å²) in [5.74, 6) is 0.907. The number of hydrogen-bond donors (Lipinski definition) is 1. The van der Waals surface area contributed by atoms with Crippen LogP contribution >= 0.6 is 0 Å². The number of pyridine rings is 1. The number of benzene rings is 2. The number of nitrogens with two attached hydrogens (primary N) is 1.